The number of morpholine rings is 1. The van der Waals surface area contributed by atoms with Crippen LogP contribution in [0.2, 0.25) is 0 Å². The fourth-order valence-electron chi connectivity index (χ4n) is 4.47. The topological polar surface area (TPSA) is 61.2 Å². The van der Waals surface area contributed by atoms with Gasteiger partial charge in [-0.2, -0.15) is 5.26 Å². The van der Waals surface area contributed by atoms with Crippen LogP contribution in [0.4, 0.5) is 10.1 Å². The fraction of sp³-hybridized carbons (Fsp3) is 0.286. The van der Waals surface area contributed by atoms with E-state index < -0.39 is 5.67 Å². The van der Waals surface area contributed by atoms with Gasteiger partial charge in [0.15, 0.2) is 0 Å². The van der Waals surface area contributed by atoms with E-state index in [-0.39, 0.29) is 6.42 Å². The molecule has 0 spiro atoms. The van der Waals surface area contributed by atoms with Crippen LogP contribution < -0.4 is 5.32 Å². The van der Waals surface area contributed by atoms with Gasteiger partial charge >= 0.3 is 0 Å². The van der Waals surface area contributed by atoms with Crippen molar-refractivity contribution in [2.45, 2.75) is 25.6 Å². The molecule has 1 aliphatic carbocycles. The molecule has 5 nitrogen and oxygen atoms in total. The number of benzene rings is 2. The normalized spacial score (nSPS) is 20.7. The predicted molar refractivity (Wildman–Crippen MR) is 138 cm³/mol. The zero-order valence-corrected chi connectivity index (χ0v) is 20.3. The Morgan fingerprint density at radius 1 is 1.17 bits per heavy atom. The molecule has 5 rings (SSSR count). The molecule has 0 radical (unpaired) electrons. The molecule has 0 bridgehead atoms. The number of aromatic nitrogens is 1. The monoisotopic (exact) mass is 488 g/mol. The number of ether oxygens (including phenoxy) is 1. The first-order valence-corrected chi connectivity index (χ1v) is 12.1. The first-order valence-electron chi connectivity index (χ1n) is 11.7. The third kappa shape index (κ3) is 5.23. The van der Waals surface area contributed by atoms with E-state index in [0.29, 0.717) is 22.0 Å². The highest BCUT2D eigenvalue weighted by Crippen LogP contribution is 2.35. The molecule has 0 saturated carbocycles. The molecule has 3 aromatic rings. The smallest absolute Gasteiger partial charge is 0.132 e. The predicted octanol–water partition coefficient (Wildman–Crippen LogP) is 6.16. The van der Waals surface area contributed by atoms with E-state index >= 15 is 0 Å². The SMILES string of the molecule is CC1(F)C=C(Nc2c(C#N)cnc3cc(-c4ccc(CN5CCOCC5)cc4)ccc23)C(Cl)=CC1. The molecule has 2 aromatic carbocycles. The van der Waals surface area contributed by atoms with Gasteiger partial charge in [-0.25, -0.2) is 4.39 Å². The van der Waals surface area contributed by atoms with Crippen molar-refractivity contribution >= 4 is 28.2 Å². The Morgan fingerprint density at radius 3 is 2.66 bits per heavy atom. The maximum Gasteiger partial charge on any atom is 0.132 e. The van der Waals surface area contributed by atoms with Crippen LogP contribution in [0.5, 0.6) is 0 Å². The van der Waals surface area contributed by atoms with E-state index in [4.69, 9.17) is 16.3 Å². The number of nitriles is 1. The molecule has 1 aliphatic heterocycles. The van der Waals surface area contributed by atoms with Gasteiger partial charge in [-0.1, -0.05) is 54.1 Å². The van der Waals surface area contributed by atoms with Crippen LogP contribution >= 0.6 is 11.6 Å². The van der Waals surface area contributed by atoms with Crippen LogP contribution in [-0.2, 0) is 11.3 Å². The number of allylic oxidation sites excluding steroid dienone is 3. The Bertz CT molecular complexity index is 1350. The van der Waals surface area contributed by atoms with E-state index in [1.807, 2.05) is 18.2 Å². The highest BCUT2D eigenvalue weighted by molar-refractivity contribution is 6.32. The molecule has 1 aromatic heterocycles. The van der Waals surface area contributed by atoms with Crippen molar-refractivity contribution in [3.8, 4) is 17.2 Å². The summed E-state index contributed by atoms with van der Waals surface area (Å²) in [6.07, 6.45) is 4.87. The summed E-state index contributed by atoms with van der Waals surface area (Å²) in [6.45, 7) is 5.92. The van der Waals surface area contributed by atoms with Gasteiger partial charge in [0, 0.05) is 37.6 Å². The molecule has 1 unspecified atom stereocenters. The minimum Gasteiger partial charge on any atom is -0.379 e. The van der Waals surface area contributed by atoms with E-state index in [2.05, 4.69) is 45.5 Å². The summed E-state index contributed by atoms with van der Waals surface area (Å²) in [6, 6.07) is 16.7. The molecule has 35 heavy (non-hydrogen) atoms. The molecular weight excluding hydrogens is 463 g/mol. The zero-order valence-electron chi connectivity index (χ0n) is 19.5. The van der Waals surface area contributed by atoms with Gasteiger partial charge in [0.25, 0.3) is 0 Å². The average molecular weight is 489 g/mol. The lowest BCUT2D eigenvalue weighted by atomic mass is 9.97. The molecule has 1 atom stereocenters. The number of alkyl halides is 1. The lowest BCUT2D eigenvalue weighted by molar-refractivity contribution is 0.0342. The molecule has 1 saturated heterocycles. The van der Waals surface area contributed by atoms with E-state index in [9.17, 15) is 9.65 Å². The third-order valence-corrected chi connectivity index (χ3v) is 6.79. The molecule has 178 valence electrons. The number of halogens is 2. The first-order chi connectivity index (χ1) is 16.9. The van der Waals surface area contributed by atoms with Crippen LogP contribution in [0.25, 0.3) is 22.0 Å². The largest absolute Gasteiger partial charge is 0.379 e. The highest BCUT2D eigenvalue weighted by atomic mass is 35.5. The summed E-state index contributed by atoms with van der Waals surface area (Å²) >= 11 is 6.34. The summed E-state index contributed by atoms with van der Waals surface area (Å²) in [7, 11) is 0. The highest BCUT2D eigenvalue weighted by Gasteiger charge is 2.26. The van der Waals surface area contributed by atoms with Crippen molar-refractivity contribution in [2.24, 2.45) is 0 Å². The summed E-state index contributed by atoms with van der Waals surface area (Å²) in [4.78, 5) is 6.91. The van der Waals surface area contributed by atoms with Gasteiger partial charge < -0.3 is 10.1 Å². The lowest BCUT2D eigenvalue weighted by Crippen LogP contribution is -2.35. The number of nitrogens with zero attached hydrogens (tertiary/aromatic N) is 3. The third-order valence-electron chi connectivity index (χ3n) is 6.43. The summed E-state index contributed by atoms with van der Waals surface area (Å²) in [5.41, 5.74) is 4.02. The van der Waals surface area contributed by atoms with Crippen molar-refractivity contribution in [1.82, 2.24) is 9.88 Å². The van der Waals surface area contributed by atoms with Crippen LogP contribution in [0.1, 0.15) is 24.5 Å². The number of nitrogens with one attached hydrogen (secondary N) is 1. The second kappa shape index (κ2) is 9.79. The Labute approximate surface area is 209 Å². The van der Waals surface area contributed by atoms with Crippen molar-refractivity contribution in [3.05, 3.63) is 82.7 Å². The van der Waals surface area contributed by atoms with E-state index in [1.54, 1.807) is 6.08 Å². The standard InChI is InChI=1S/C28H26ClFN4O/c1-28(30)9-8-24(29)26(15-28)33-27-22(16-31)17-32-25-14-21(6-7-23(25)27)20-4-2-19(3-5-20)18-34-10-12-35-13-11-34/h2-8,14-15,17H,9-13,18H2,1H3,(H,32,33). The maximum absolute atomic E-state index is 14.6. The van der Waals surface area contributed by atoms with E-state index in [1.165, 1.54) is 24.8 Å². The molecule has 2 aliphatic rings. The Balaban J connectivity index is 1.43. The van der Waals surface area contributed by atoms with Crippen LogP contribution in [0.15, 0.2) is 71.5 Å². The molecular formula is C28H26ClFN4O. The lowest BCUT2D eigenvalue weighted by Gasteiger charge is -2.26. The van der Waals surface area contributed by atoms with Crippen LogP contribution in [0, 0.1) is 11.3 Å². The summed E-state index contributed by atoms with van der Waals surface area (Å²) in [5, 5.41) is 14.1. The molecule has 7 heteroatoms. The van der Waals surface area contributed by atoms with Crippen molar-refractivity contribution < 1.29 is 9.13 Å². The second-order valence-corrected chi connectivity index (χ2v) is 9.60. The van der Waals surface area contributed by atoms with Crippen LogP contribution in [-0.4, -0.2) is 41.9 Å². The maximum atomic E-state index is 14.6. The van der Waals surface area contributed by atoms with Gasteiger partial charge in [-0.05, 0) is 35.8 Å². The van der Waals surface area contributed by atoms with Gasteiger partial charge in [0.2, 0.25) is 0 Å². The quantitative estimate of drug-likeness (QED) is 0.466. The fourth-order valence-corrected chi connectivity index (χ4v) is 4.65. The molecule has 1 N–H and O–H groups in total. The Hall–Kier alpha value is -3.24. The molecule has 1 fully saturated rings. The first kappa shape index (κ1) is 23.5. The summed E-state index contributed by atoms with van der Waals surface area (Å²) < 4.78 is 20.0. The number of rotatable bonds is 5. The zero-order chi connectivity index (χ0) is 24.4. The second-order valence-electron chi connectivity index (χ2n) is 9.19. The average Bonchev–Trinajstić information content (AvgIpc) is 2.87. The number of hydrogen-bond acceptors (Lipinski definition) is 5. The summed E-state index contributed by atoms with van der Waals surface area (Å²) in [5.74, 6) is 0. The van der Waals surface area contributed by atoms with Gasteiger partial charge in [-0.3, -0.25) is 9.88 Å². The molecule has 2 heterocycles. The van der Waals surface area contributed by atoms with Crippen LogP contribution in [0.3, 0.4) is 0 Å². The minimum atomic E-state index is -1.50. The number of hydrogen-bond donors (Lipinski definition) is 1. The van der Waals surface area contributed by atoms with Gasteiger partial charge in [0.1, 0.15) is 11.7 Å². The van der Waals surface area contributed by atoms with Gasteiger partial charge in [0.05, 0.1) is 40.7 Å². The number of pyridine rings is 1. The van der Waals surface area contributed by atoms with Crippen molar-refractivity contribution in [2.75, 3.05) is 31.6 Å². The number of anilines is 1. The Kier molecular flexibility index (Phi) is 6.57. The Morgan fingerprint density at radius 2 is 1.91 bits per heavy atom. The van der Waals surface area contributed by atoms with Gasteiger partial charge in [-0.15, -0.1) is 0 Å². The van der Waals surface area contributed by atoms with Crippen molar-refractivity contribution in [3.63, 3.8) is 0 Å². The molecule has 0 amide bonds. The van der Waals surface area contributed by atoms with Crippen molar-refractivity contribution in [1.29, 1.82) is 5.26 Å². The number of fused-ring (bicyclic) bond motifs is 1. The van der Waals surface area contributed by atoms with E-state index in [0.717, 1.165) is 54.9 Å². The minimum absolute atomic E-state index is 0.216.